The highest BCUT2D eigenvalue weighted by Gasteiger charge is 2.36. The maximum Gasteiger partial charge on any atom is 0.336 e. The monoisotopic (exact) mass is 453 g/mol. The normalized spacial score (nSPS) is 28.5. The number of carbonyl (C=O) groups is 2. The molecule has 1 N–H and O–H groups in total. The van der Waals surface area contributed by atoms with Gasteiger partial charge in [-0.15, -0.1) is 0 Å². The molecule has 0 bridgehead atoms. The largest absolute Gasteiger partial charge is 0.460 e. The molecule has 3 rings (SSSR count). The fraction of sp³-hybridized carbons (Fsp3) is 0.545. The summed E-state index contributed by atoms with van der Waals surface area (Å²) in [5, 5.41) is 2.76. The summed E-state index contributed by atoms with van der Waals surface area (Å²) in [6.07, 6.45) is 5.15. The third kappa shape index (κ3) is 5.41. The smallest absolute Gasteiger partial charge is 0.336 e. The van der Waals surface area contributed by atoms with E-state index < -0.39 is 23.4 Å². The molecule has 1 amide bonds. The number of methoxy groups -OCH3 is 1. The molecule has 1 saturated heterocycles. The maximum absolute atomic E-state index is 12.2. The lowest BCUT2D eigenvalue weighted by molar-refractivity contribution is -0.135. The summed E-state index contributed by atoms with van der Waals surface area (Å²) < 4.78 is 31.8. The van der Waals surface area contributed by atoms with Crippen molar-refractivity contribution in [1.82, 2.24) is 5.32 Å². The molecule has 172 valence electrons. The second kappa shape index (κ2) is 10.5. The highest BCUT2D eigenvalue weighted by molar-refractivity contribution is 7.75. The van der Waals surface area contributed by atoms with Crippen LogP contribution in [0.25, 0.3) is 0 Å². The number of carbonyl (C=O) groups excluding carboxylic acids is 2. The zero-order chi connectivity index (χ0) is 22.5. The molecule has 9 heteroatoms. The van der Waals surface area contributed by atoms with Crippen LogP contribution >= 0.6 is 0 Å². The van der Waals surface area contributed by atoms with Crippen LogP contribution in [0.2, 0.25) is 0 Å². The van der Waals surface area contributed by atoms with Gasteiger partial charge in [0.25, 0.3) is 0 Å². The van der Waals surface area contributed by atoms with Crippen molar-refractivity contribution in [2.75, 3.05) is 27.4 Å². The Bertz CT molecular complexity index is 866. The Kier molecular flexibility index (Phi) is 7.99. The Labute approximate surface area is 186 Å². The van der Waals surface area contributed by atoms with Crippen molar-refractivity contribution in [3.63, 3.8) is 0 Å². The van der Waals surface area contributed by atoms with Crippen molar-refractivity contribution in [1.29, 1.82) is 0 Å². The number of nitrogens with one attached hydrogen (secondary N) is 1. The van der Waals surface area contributed by atoms with Gasteiger partial charge in [-0.3, -0.25) is 13.2 Å². The van der Waals surface area contributed by atoms with Gasteiger partial charge in [0, 0.05) is 14.5 Å². The standard InChI is InChI=1S/C22H29NO7S.H2/c1-13-5-6-16-14(2)20(30-31(26)28-4)10-9-17(16)15(13)7-8-18-19(11-29-22(18)25)23-21(24)12-27-3;/h8,16,19-20H,1-2,5-7,9-12H2,3-4H3,(H,23,24);1H/b18-8+;/t16-,19?,20-,31?;/m1./s1. The number of amides is 1. The van der Waals surface area contributed by atoms with E-state index in [-0.39, 0.29) is 32.6 Å². The maximum atomic E-state index is 12.2. The highest BCUT2D eigenvalue weighted by Crippen LogP contribution is 2.46. The van der Waals surface area contributed by atoms with Crippen molar-refractivity contribution < 1.29 is 33.1 Å². The molecule has 2 aliphatic carbocycles. The minimum absolute atomic E-state index is 0. The lowest BCUT2D eigenvalue weighted by Gasteiger charge is -2.38. The highest BCUT2D eigenvalue weighted by atomic mass is 32.2. The van der Waals surface area contributed by atoms with Crippen LogP contribution in [-0.2, 0) is 38.8 Å². The Morgan fingerprint density at radius 1 is 1.32 bits per heavy atom. The third-order valence-electron chi connectivity index (χ3n) is 5.97. The first kappa shape index (κ1) is 23.6. The summed E-state index contributed by atoms with van der Waals surface area (Å²) in [7, 11) is 2.77. The molecule has 1 heterocycles. The minimum Gasteiger partial charge on any atom is -0.460 e. The van der Waals surface area contributed by atoms with Crippen molar-refractivity contribution in [2.45, 2.75) is 44.2 Å². The molecule has 0 spiro atoms. The second-order valence-corrected chi connectivity index (χ2v) is 8.72. The number of ether oxygens (including phenoxy) is 2. The number of rotatable bonds is 8. The number of hydrogen-bond acceptors (Lipinski definition) is 7. The fourth-order valence-electron chi connectivity index (χ4n) is 4.43. The van der Waals surface area contributed by atoms with E-state index in [1.54, 1.807) is 0 Å². The van der Waals surface area contributed by atoms with Crippen LogP contribution < -0.4 is 5.32 Å². The quantitative estimate of drug-likeness (QED) is 0.342. The molecular weight excluding hydrogens is 422 g/mol. The molecule has 0 aromatic rings. The zero-order valence-corrected chi connectivity index (χ0v) is 18.8. The van der Waals surface area contributed by atoms with Gasteiger partial charge in [0.2, 0.25) is 5.91 Å². The van der Waals surface area contributed by atoms with Crippen LogP contribution in [0.4, 0.5) is 0 Å². The first-order chi connectivity index (χ1) is 14.8. The Morgan fingerprint density at radius 3 is 2.81 bits per heavy atom. The molecule has 3 aliphatic rings. The van der Waals surface area contributed by atoms with Gasteiger partial charge >= 0.3 is 17.3 Å². The van der Waals surface area contributed by atoms with Gasteiger partial charge in [-0.05, 0) is 43.3 Å². The van der Waals surface area contributed by atoms with Crippen molar-refractivity contribution in [3.05, 3.63) is 47.1 Å². The summed E-state index contributed by atoms with van der Waals surface area (Å²) in [4.78, 5) is 24.1. The fourth-order valence-corrected chi connectivity index (χ4v) is 4.92. The molecule has 1 saturated carbocycles. The van der Waals surface area contributed by atoms with Crippen molar-refractivity contribution in [3.8, 4) is 0 Å². The average Bonchev–Trinajstić information content (AvgIpc) is 3.08. The van der Waals surface area contributed by atoms with Crippen molar-refractivity contribution in [2.24, 2.45) is 5.92 Å². The van der Waals surface area contributed by atoms with E-state index in [0.717, 1.165) is 36.0 Å². The van der Waals surface area contributed by atoms with Crippen LogP contribution in [-0.4, -0.2) is 55.7 Å². The van der Waals surface area contributed by atoms with Gasteiger partial charge in [-0.2, -0.15) is 4.21 Å². The second-order valence-electron chi connectivity index (χ2n) is 7.78. The minimum atomic E-state index is -1.79. The van der Waals surface area contributed by atoms with E-state index in [9.17, 15) is 13.8 Å². The van der Waals surface area contributed by atoms with Gasteiger partial charge in [-0.25, -0.2) is 4.79 Å². The number of hydrogen-bond donors (Lipinski definition) is 1. The lowest BCUT2D eigenvalue weighted by Crippen LogP contribution is -2.38. The van der Waals surface area contributed by atoms with E-state index in [4.69, 9.17) is 17.8 Å². The average molecular weight is 454 g/mol. The SMILES string of the molecule is C=C1CC[C@@H]2C(=C)[C@H](OS(=O)OC)CCC2=C1C/C=C1/C(=O)OCC1NC(=O)COC.[HH]. The Hall–Kier alpha value is -2.07. The van der Waals surface area contributed by atoms with Gasteiger partial charge in [0.1, 0.15) is 13.2 Å². The predicted octanol–water partition coefficient (Wildman–Crippen LogP) is 2.46. The molecule has 0 aromatic heterocycles. The number of cyclic esters (lactones) is 1. The number of esters is 1. The van der Waals surface area contributed by atoms with Gasteiger partial charge in [-0.1, -0.05) is 30.4 Å². The van der Waals surface area contributed by atoms with Gasteiger partial charge in [0.15, 0.2) is 0 Å². The first-order valence-electron chi connectivity index (χ1n) is 10.2. The molecule has 2 fully saturated rings. The topological polar surface area (TPSA) is 100 Å². The molecule has 0 radical (unpaired) electrons. The van der Waals surface area contributed by atoms with E-state index in [1.807, 2.05) is 6.08 Å². The summed E-state index contributed by atoms with van der Waals surface area (Å²) in [6.45, 7) is 8.47. The third-order valence-corrected chi connectivity index (χ3v) is 6.63. The number of fused-ring (bicyclic) bond motifs is 1. The lowest BCUT2D eigenvalue weighted by atomic mass is 9.69. The molecule has 1 aliphatic heterocycles. The molecule has 2 unspecified atom stereocenters. The van der Waals surface area contributed by atoms with Crippen LogP contribution in [0.5, 0.6) is 0 Å². The molecule has 31 heavy (non-hydrogen) atoms. The molecule has 8 nitrogen and oxygen atoms in total. The van der Waals surface area contributed by atoms with Crippen LogP contribution in [0.15, 0.2) is 47.1 Å². The zero-order valence-electron chi connectivity index (χ0n) is 17.9. The first-order valence-corrected chi connectivity index (χ1v) is 11.2. The molecule has 4 atom stereocenters. The Morgan fingerprint density at radius 2 is 2.10 bits per heavy atom. The molecular formula is C22H31NO7S. The van der Waals surface area contributed by atoms with Crippen LogP contribution in [0.3, 0.4) is 0 Å². The predicted molar refractivity (Wildman–Crippen MR) is 117 cm³/mol. The van der Waals surface area contributed by atoms with E-state index in [0.29, 0.717) is 18.4 Å². The van der Waals surface area contributed by atoms with Gasteiger partial charge in [0.05, 0.1) is 24.8 Å². The van der Waals surface area contributed by atoms with E-state index >= 15 is 0 Å². The molecule has 0 aromatic carbocycles. The summed E-state index contributed by atoms with van der Waals surface area (Å²) in [5.74, 6) is -0.599. The Balaban J connectivity index is 0.00000363. The van der Waals surface area contributed by atoms with E-state index in [2.05, 4.69) is 18.5 Å². The van der Waals surface area contributed by atoms with Crippen LogP contribution in [0, 0.1) is 5.92 Å². The van der Waals surface area contributed by atoms with Crippen molar-refractivity contribution >= 4 is 23.2 Å². The summed E-state index contributed by atoms with van der Waals surface area (Å²) in [5.41, 5.74) is 4.74. The summed E-state index contributed by atoms with van der Waals surface area (Å²) >= 11 is -1.79. The van der Waals surface area contributed by atoms with Crippen LogP contribution in [0.1, 0.15) is 33.5 Å². The summed E-state index contributed by atoms with van der Waals surface area (Å²) in [6, 6.07) is -0.489. The number of allylic oxidation sites excluding steroid dienone is 4. The van der Waals surface area contributed by atoms with Gasteiger partial charge < -0.3 is 14.8 Å². The van der Waals surface area contributed by atoms with E-state index in [1.165, 1.54) is 19.8 Å².